The van der Waals surface area contributed by atoms with Crippen LogP contribution in [0.5, 0.6) is 0 Å². The minimum absolute atomic E-state index is 0.346. The second-order valence-electron chi connectivity index (χ2n) is 2.70. The molecule has 0 heterocycles. The van der Waals surface area contributed by atoms with Gasteiger partial charge >= 0.3 is 6.18 Å². The number of hydrogen-bond donors (Lipinski definition) is 0. The Bertz CT molecular complexity index is 324. The Morgan fingerprint density at radius 2 is 1.71 bits per heavy atom. The molecule has 1 aromatic carbocycles. The molecule has 0 amide bonds. The molecule has 1 aromatic rings. The van der Waals surface area contributed by atoms with Gasteiger partial charge in [0.05, 0.1) is 12.7 Å². The van der Waals surface area contributed by atoms with E-state index < -0.39 is 11.7 Å². The topological polar surface area (TPSA) is 9.23 Å². The number of ether oxygens (including phenoxy) is 1. The average molecular weight is 202 g/mol. The highest BCUT2D eigenvalue weighted by Crippen LogP contribution is 2.29. The minimum atomic E-state index is -4.30. The van der Waals surface area contributed by atoms with Crippen molar-refractivity contribution in [2.75, 3.05) is 7.11 Å². The molecular weight excluding hydrogens is 193 g/mol. The lowest BCUT2D eigenvalue weighted by molar-refractivity contribution is -0.137. The van der Waals surface area contributed by atoms with Gasteiger partial charge in [0, 0.05) is 5.56 Å². The fourth-order valence-electron chi connectivity index (χ4n) is 0.963. The summed E-state index contributed by atoms with van der Waals surface area (Å²) in [6.07, 6.45) is -4.30. The van der Waals surface area contributed by atoms with Crippen molar-refractivity contribution in [3.63, 3.8) is 0 Å². The Morgan fingerprint density at radius 1 is 1.21 bits per heavy atom. The first-order valence-corrected chi connectivity index (χ1v) is 3.85. The first-order chi connectivity index (χ1) is 6.45. The number of rotatable bonds is 2. The van der Waals surface area contributed by atoms with Crippen LogP contribution in [0.3, 0.4) is 0 Å². The maximum absolute atomic E-state index is 12.1. The Morgan fingerprint density at radius 3 is 2.07 bits per heavy atom. The fourth-order valence-corrected chi connectivity index (χ4v) is 0.963. The number of hydrogen-bond acceptors (Lipinski definition) is 1. The smallest absolute Gasteiger partial charge is 0.416 e. The zero-order valence-electron chi connectivity index (χ0n) is 7.56. The van der Waals surface area contributed by atoms with Gasteiger partial charge in [0.25, 0.3) is 0 Å². The van der Waals surface area contributed by atoms with Gasteiger partial charge in [0.1, 0.15) is 5.76 Å². The lowest BCUT2D eigenvalue weighted by Gasteiger charge is -2.08. The molecule has 14 heavy (non-hydrogen) atoms. The van der Waals surface area contributed by atoms with E-state index in [9.17, 15) is 13.2 Å². The van der Waals surface area contributed by atoms with E-state index in [1.54, 1.807) is 0 Å². The monoisotopic (exact) mass is 202 g/mol. The summed E-state index contributed by atoms with van der Waals surface area (Å²) in [5.74, 6) is 0.346. The van der Waals surface area contributed by atoms with E-state index in [2.05, 4.69) is 6.58 Å². The van der Waals surface area contributed by atoms with Crippen LogP contribution in [0.25, 0.3) is 5.76 Å². The second kappa shape index (κ2) is 3.74. The SMILES string of the molecule is C=C(OC)c1ccc(C(F)(F)F)cc1. The molecule has 0 unspecified atom stereocenters. The summed E-state index contributed by atoms with van der Waals surface area (Å²) in [6.45, 7) is 3.53. The van der Waals surface area contributed by atoms with E-state index in [-0.39, 0.29) is 0 Å². The maximum Gasteiger partial charge on any atom is 0.416 e. The van der Waals surface area contributed by atoms with Crippen LogP contribution in [0, 0.1) is 0 Å². The van der Waals surface area contributed by atoms with Crippen molar-refractivity contribution in [3.8, 4) is 0 Å². The molecule has 0 saturated heterocycles. The van der Waals surface area contributed by atoms with Gasteiger partial charge in [0.2, 0.25) is 0 Å². The average Bonchev–Trinajstić information content (AvgIpc) is 2.15. The Hall–Kier alpha value is -1.45. The highest BCUT2D eigenvalue weighted by atomic mass is 19.4. The largest absolute Gasteiger partial charge is 0.497 e. The molecule has 1 rings (SSSR count). The van der Waals surface area contributed by atoms with E-state index in [1.165, 1.54) is 19.2 Å². The van der Waals surface area contributed by atoms with Crippen LogP contribution >= 0.6 is 0 Å². The van der Waals surface area contributed by atoms with Gasteiger partial charge in [-0.2, -0.15) is 13.2 Å². The summed E-state index contributed by atoms with van der Waals surface area (Å²) in [4.78, 5) is 0. The Kier molecular flexibility index (Phi) is 2.84. The van der Waals surface area contributed by atoms with Gasteiger partial charge < -0.3 is 4.74 Å². The number of methoxy groups -OCH3 is 1. The van der Waals surface area contributed by atoms with Crippen LogP contribution in [0.15, 0.2) is 30.8 Å². The van der Waals surface area contributed by atoms with Gasteiger partial charge in [-0.1, -0.05) is 18.7 Å². The van der Waals surface area contributed by atoms with Crippen molar-refractivity contribution in [2.45, 2.75) is 6.18 Å². The molecule has 0 radical (unpaired) electrons. The molecule has 4 heteroatoms. The summed E-state index contributed by atoms with van der Waals surface area (Å²) < 4.78 is 41.2. The fraction of sp³-hybridized carbons (Fsp3) is 0.200. The first kappa shape index (κ1) is 10.6. The molecule has 0 aliphatic heterocycles. The van der Waals surface area contributed by atoms with E-state index in [0.29, 0.717) is 11.3 Å². The first-order valence-electron chi connectivity index (χ1n) is 3.85. The van der Waals surface area contributed by atoms with Crippen molar-refractivity contribution in [3.05, 3.63) is 42.0 Å². The number of benzene rings is 1. The quantitative estimate of drug-likeness (QED) is 0.668. The predicted octanol–water partition coefficient (Wildman–Crippen LogP) is 3.32. The van der Waals surface area contributed by atoms with Crippen molar-refractivity contribution in [2.24, 2.45) is 0 Å². The van der Waals surface area contributed by atoms with E-state index >= 15 is 0 Å². The van der Waals surface area contributed by atoms with E-state index in [4.69, 9.17) is 4.74 Å². The van der Waals surface area contributed by atoms with Gasteiger partial charge in [-0.15, -0.1) is 0 Å². The zero-order valence-corrected chi connectivity index (χ0v) is 7.56. The summed E-state index contributed by atoms with van der Waals surface area (Å²) in [5, 5.41) is 0. The third-order valence-corrected chi connectivity index (χ3v) is 1.78. The van der Waals surface area contributed by atoms with Gasteiger partial charge in [-0.25, -0.2) is 0 Å². The number of alkyl halides is 3. The molecule has 0 N–H and O–H groups in total. The highest BCUT2D eigenvalue weighted by Gasteiger charge is 2.29. The third kappa shape index (κ3) is 2.28. The zero-order chi connectivity index (χ0) is 10.8. The molecule has 0 atom stereocenters. The van der Waals surface area contributed by atoms with Gasteiger partial charge in [0.15, 0.2) is 0 Å². The number of halogens is 3. The summed E-state index contributed by atoms with van der Waals surface area (Å²) >= 11 is 0. The van der Waals surface area contributed by atoms with E-state index in [1.807, 2.05) is 0 Å². The second-order valence-corrected chi connectivity index (χ2v) is 2.70. The van der Waals surface area contributed by atoms with Crippen LogP contribution in [0.4, 0.5) is 13.2 Å². The van der Waals surface area contributed by atoms with Gasteiger partial charge in [-0.3, -0.25) is 0 Å². The van der Waals surface area contributed by atoms with Crippen LogP contribution in [0.1, 0.15) is 11.1 Å². The lowest BCUT2D eigenvalue weighted by atomic mass is 10.1. The van der Waals surface area contributed by atoms with Gasteiger partial charge in [-0.05, 0) is 12.1 Å². The maximum atomic E-state index is 12.1. The molecule has 0 bridgehead atoms. The normalized spacial score (nSPS) is 11.1. The molecule has 0 aliphatic rings. The summed E-state index contributed by atoms with van der Waals surface area (Å²) in [7, 11) is 1.42. The summed E-state index contributed by atoms with van der Waals surface area (Å²) in [6, 6.07) is 4.66. The predicted molar refractivity (Wildman–Crippen MR) is 47.5 cm³/mol. The third-order valence-electron chi connectivity index (χ3n) is 1.78. The van der Waals surface area contributed by atoms with Crippen molar-refractivity contribution < 1.29 is 17.9 Å². The van der Waals surface area contributed by atoms with Crippen molar-refractivity contribution in [1.29, 1.82) is 0 Å². The molecular formula is C10H9F3O. The van der Waals surface area contributed by atoms with Crippen LogP contribution in [0.2, 0.25) is 0 Å². The highest BCUT2D eigenvalue weighted by molar-refractivity contribution is 5.57. The standard InChI is InChI=1S/C10H9F3O/c1-7(14-2)8-3-5-9(6-4-8)10(11,12)13/h3-6H,1H2,2H3. The van der Waals surface area contributed by atoms with Crippen molar-refractivity contribution >= 4 is 5.76 Å². The Balaban J connectivity index is 2.95. The van der Waals surface area contributed by atoms with Crippen LogP contribution in [-0.4, -0.2) is 7.11 Å². The van der Waals surface area contributed by atoms with Crippen molar-refractivity contribution in [1.82, 2.24) is 0 Å². The molecule has 0 aromatic heterocycles. The van der Waals surface area contributed by atoms with Crippen LogP contribution in [-0.2, 0) is 10.9 Å². The molecule has 0 aliphatic carbocycles. The molecule has 0 spiro atoms. The lowest BCUT2D eigenvalue weighted by Crippen LogP contribution is -2.04. The molecule has 0 fully saturated rings. The Labute approximate surface area is 79.8 Å². The molecule has 0 saturated carbocycles. The summed E-state index contributed by atoms with van der Waals surface area (Å²) in [5.41, 5.74) is -0.134. The van der Waals surface area contributed by atoms with E-state index in [0.717, 1.165) is 12.1 Å². The van der Waals surface area contributed by atoms with Crippen LogP contribution < -0.4 is 0 Å². The minimum Gasteiger partial charge on any atom is -0.497 e. The molecule has 1 nitrogen and oxygen atoms in total. The molecule has 76 valence electrons.